The molecule has 0 aliphatic rings. The second-order valence-electron chi connectivity index (χ2n) is 4.41. The van der Waals surface area contributed by atoms with Crippen LogP contribution in [0.2, 0.25) is 0 Å². The van der Waals surface area contributed by atoms with E-state index in [4.69, 9.17) is 9.47 Å². The summed E-state index contributed by atoms with van der Waals surface area (Å²) in [6, 6.07) is 0. The van der Waals surface area contributed by atoms with Gasteiger partial charge in [0.05, 0.1) is 23.4 Å². The van der Waals surface area contributed by atoms with Gasteiger partial charge in [-0.15, -0.1) is 0 Å². The van der Waals surface area contributed by atoms with Crippen molar-refractivity contribution >= 4 is 21.7 Å². The minimum Gasteiger partial charge on any atom is -0.384 e. The molecular weight excluding hydrogens is 310 g/mol. The number of ether oxygens (including phenoxy) is 2. The van der Waals surface area contributed by atoms with Crippen molar-refractivity contribution in [2.75, 3.05) is 32.7 Å². The monoisotopic (exact) mass is 331 g/mol. The first-order valence-electron chi connectivity index (χ1n) is 6.42. The number of anilines is 1. The Morgan fingerprint density at radius 2 is 2.00 bits per heavy atom. The fourth-order valence-corrected chi connectivity index (χ4v) is 2.08. The molecule has 0 spiro atoms. The van der Waals surface area contributed by atoms with Crippen molar-refractivity contribution in [1.82, 2.24) is 9.97 Å². The molecule has 1 unspecified atom stereocenters. The van der Waals surface area contributed by atoms with Crippen molar-refractivity contribution < 1.29 is 9.47 Å². The third-order valence-corrected chi connectivity index (χ3v) is 3.45. The van der Waals surface area contributed by atoms with Gasteiger partial charge < -0.3 is 14.8 Å². The highest BCUT2D eigenvalue weighted by atomic mass is 79.9. The van der Waals surface area contributed by atoms with Crippen molar-refractivity contribution in [3.8, 4) is 0 Å². The summed E-state index contributed by atoms with van der Waals surface area (Å²) in [4.78, 5) is 9.11. The molecule has 0 aromatic carbocycles. The van der Waals surface area contributed by atoms with Gasteiger partial charge in [-0.25, -0.2) is 9.97 Å². The van der Waals surface area contributed by atoms with Crippen LogP contribution in [0.15, 0.2) is 4.47 Å². The standard InChI is InChI=1S/C13H22BrN3O2/c1-5-6-15-13-11(14)10(8-19-4)16-12(17-13)9(2)7-18-3/h9H,5-8H2,1-4H3,(H,15,16,17). The highest BCUT2D eigenvalue weighted by Crippen LogP contribution is 2.26. The Kier molecular flexibility index (Phi) is 7.27. The quantitative estimate of drug-likeness (QED) is 0.793. The van der Waals surface area contributed by atoms with Gasteiger partial charge in [-0.05, 0) is 22.4 Å². The maximum absolute atomic E-state index is 5.18. The fourth-order valence-electron chi connectivity index (χ4n) is 1.65. The van der Waals surface area contributed by atoms with E-state index >= 15 is 0 Å². The Bertz CT molecular complexity index is 402. The number of methoxy groups -OCH3 is 2. The molecule has 0 bridgehead atoms. The maximum Gasteiger partial charge on any atom is 0.144 e. The first-order chi connectivity index (χ1) is 9.13. The van der Waals surface area contributed by atoms with E-state index < -0.39 is 0 Å². The Labute approximate surface area is 123 Å². The van der Waals surface area contributed by atoms with E-state index in [0.717, 1.165) is 34.8 Å². The predicted molar refractivity (Wildman–Crippen MR) is 79.5 cm³/mol. The summed E-state index contributed by atoms with van der Waals surface area (Å²) in [6.45, 7) is 6.09. The maximum atomic E-state index is 5.18. The van der Waals surface area contributed by atoms with Crippen molar-refractivity contribution in [2.45, 2.75) is 32.8 Å². The highest BCUT2D eigenvalue weighted by molar-refractivity contribution is 9.10. The first-order valence-corrected chi connectivity index (χ1v) is 7.21. The van der Waals surface area contributed by atoms with E-state index in [1.165, 1.54) is 0 Å². The minimum atomic E-state index is 0.149. The number of hydrogen-bond donors (Lipinski definition) is 1. The van der Waals surface area contributed by atoms with E-state index in [1.54, 1.807) is 14.2 Å². The molecule has 1 N–H and O–H groups in total. The number of nitrogens with zero attached hydrogens (tertiary/aromatic N) is 2. The van der Waals surface area contributed by atoms with Crippen LogP contribution < -0.4 is 5.32 Å². The van der Waals surface area contributed by atoms with Crippen LogP contribution in [-0.4, -0.2) is 37.3 Å². The van der Waals surface area contributed by atoms with Gasteiger partial charge >= 0.3 is 0 Å². The molecule has 1 atom stereocenters. The van der Waals surface area contributed by atoms with Gasteiger partial charge in [-0.3, -0.25) is 0 Å². The summed E-state index contributed by atoms with van der Waals surface area (Å²) >= 11 is 3.54. The highest BCUT2D eigenvalue weighted by Gasteiger charge is 2.16. The van der Waals surface area contributed by atoms with Crippen LogP contribution in [0.25, 0.3) is 0 Å². The zero-order chi connectivity index (χ0) is 14.3. The lowest BCUT2D eigenvalue weighted by atomic mass is 10.2. The molecule has 0 saturated heterocycles. The molecule has 1 aromatic heterocycles. The van der Waals surface area contributed by atoms with Crippen molar-refractivity contribution in [3.05, 3.63) is 16.0 Å². The van der Waals surface area contributed by atoms with Crippen LogP contribution in [-0.2, 0) is 16.1 Å². The number of aromatic nitrogens is 2. The SMILES string of the molecule is CCCNc1nc(C(C)COC)nc(COC)c1Br. The van der Waals surface area contributed by atoms with Gasteiger partial charge in [-0.1, -0.05) is 13.8 Å². The molecule has 0 radical (unpaired) electrons. The third kappa shape index (κ3) is 4.71. The lowest BCUT2D eigenvalue weighted by Crippen LogP contribution is -2.13. The third-order valence-electron chi connectivity index (χ3n) is 2.62. The Morgan fingerprint density at radius 1 is 1.26 bits per heavy atom. The van der Waals surface area contributed by atoms with Gasteiger partial charge in [0.25, 0.3) is 0 Å². The summed E-state index contributed by atoms with van der Waals surface area (Å²) in [5.41, 5.74) is 0.856. The molecule has 0 aliphatic heterocycles. The van der Waals surface area contributed by atoms with E-state index in [1.807, 2.05) is 6.92 Å². The second kappa shape index (κ2) is 8.45. The number of nitrogens with one attached hydrogen (secondary N) is 1. The molecule has 1 heterocycles. The smallest absolute Gasteiger partial charge is 0.144 e. The van der Waals surface area contributed by atoms with Gasteiger partial charge in [0, 0.05) is 26.7 Å². The predicted octanol–water partition coefficient (Wildman–Crippen LogP) is 2.96. The van der Waals surface area contributed by atoms with Gasteiger partial charge in [0.2, 0.25) is 0 Å². The number of rotatable bonds is 8. The molecule has 0 aliphatic carbocycles. The summed E-state index contributed by atoms with van der Waals surface area (Å²) in [5, 5.41) is 3.30. The largest absolute Gasteiger partial charge is 0.384 e. The average Bonchev–Trinajstić information content (AvgIpc) is 2.40. The van der Waals surface area contributed by atoms with Crippen LogP contribution in [0.4, 0.5) is 5.82 Å². The fraction of sp³-hybridized carbons (Fsp3) is 0.692. The Balaban J connectivity index is 3.06. The first kappa shape index (κ1) is 16.3. The topological polar surface area (TPSA) is 56.3 Å². The summed E-state index contributed by atoms with van der Waals surface area (Å²) < 4.78 is 11.2. The normalized spacial score (nSPS) is 12.5. The molecule has 6 heteroatoms. The molecule has 19 heavy (non-hydrogen) atoms. The van der Waals surface area contributed by atoms with Crippen LogP contribution >= 0.6 is 15.9 Å². The van der Waals surface area contributed by atoms with E-state index in [9.17, 15) is 0 Å². The zero-order valence-electron chi connectivity index (χ0n) is 12.0. The molecule has 1 rings (SSSR count). The lowest BCUT2D eigenvalue weighted by molar-refractivity contribution is 0.175. The van der Waals surface area contributed by atoms with Crippen LogP contribution in [0.3, 0.4) is 0 Å². The summed E-state index contributed by atoms with van der Waals surface area (Å²) in [7, 11) is 3.34. The lowest BCUT2D eigenvalue weighted by Gasteiger charge is -2.15. The minimum absolute atomic E-state index is 0.149. The van der Waals surface area contributed by atoms with Crippen LogP contribution in [0.5, 0.6) is 0 Å². The van der Waals surface area contributed by atoms with Crippen LogP contribution in [0, 0.1) is 0 Å². The van der Waals surface area contributed by atoms with E-state index in [0.29, 0.717) is 13.2 Å². The molecule has 0 fully saturated rings. The average molecular weight is 332 g/mol. The van der Waals surface area contributed by atoms with Crippen LogP contribution in [0.1, 0.15) is 37.7 Å². The van der Waals surface area contributed by atoms with Crippen molar-refractivity contribution in [3.63, 3.8) is 0 Å². The molecule has 0 saturated carbocycles. The zero-order valence-corrected chi connectivity index (χ0v) is 13.6. The molecular formula is C13H22BrN3O2. The van der Waals surface area contributed by atoms with Gasteiger partial charge in [0.15, 0.2) is 0 Å². The van der Waals surface area contributed by atoms with E-state index in [2.05, 4.69) is 38.1 Å². The Hall–Kier alpha value is -0.720. The van der Waals surface area contributed by atoms with Crippen molar-refractivity contribution in [2.24, 2.45) is 0 Å². The molecule has 5 nitrogen and oxygen atoms in total. The van der Waals surface area contributed by atoms with Gasteiger partial charge in [0.1, 0.15) is 11.6 Å². The number of halogens is 1. The molecule has 108 valence electrons. The van der Waals surface area contributed by atoms with Gasteiger partial charge in [-0.2, -0.15) is 0 Å². The molecule has 0 amide bonds. The Morgan fingerprint density at radius 3 is 2.58 bits per heavy atom. The summed E-state index contributed by atoms with van der Waals surface area (Å²) in [5.74, 6) is 1.74. The number of hydrogen-bond acceptors (Lipinski definition) is 5. The summed E-state index contributed by atoms with van der Waals surface area (Å²) in [6.07, 6.45) is 1.04. The second-order valence-corrected chi connectivity index (χ2v) is 5.20. The molecule has 1 aromatic rings. The van der Waals surface area contributed by atoms with E-state index in [-0.39, 0.29) is 5.92 Å². The van der Waals surface area contributed by atoms with Crippen molar-refractivity contribution in [1.29, 1.82) is 0 Å².